The number of imidazole rings is 1. The lowest BCUT2D eigenvalue weighted by Gasteiger charge is -2.23. The van der Waals surface area contributed by atoms with Crippen LogP contribution in [0.3, 0.4) is 0 Å². The van der Waals surface area contributed by atoms with Crippen LogP contribution in [0, 0.1) is 16.6 Å². The highest BCUT2D eigenvalue weighted by atomic mass is 19.1. The summed E-state index contributed by atoms with van der Waals surface area (Å²) in [4.78, 5) is 26.7. The number of rotatable bonds is 7. The van der Waals surface area contributed by atoms with Gasteiger partial charge in [-0.15, -0.1) is 0 Å². The van der Waals surface area contributed by atoms with Gasteiger partial charge in [0.2, 0.25) is 0 Å². The molecular weight excluding hydrogens is 435 g/mol. The number of halogens is 1. The van der Waals surface area contributed by atoms with Gasteiger partial charge in [0, 0.05) is 25.6 Å². The quantitative estimate of drug-likeness (QED) is 0.339. The van der Waals surface area contributed by atoms with Gasteiger partial charge in [-0.2, -0.15) is 0 Å². The van der Waals surface area contributed by atoms with E-state index < -0.39 is 11.7 Å². The molecule has 3 heterocycles. The third-order valence-corrected chi connectivity index (χ3v) is 5.13. The molecule has 34 heavy (non-hydrogen) atoms. The monoisotopic (exact) mass is 466 g/mol. The molecule has 1 amide bonds. The topological polar surface area (TPSA) is 124 Å². The second kappa shape index (κ2) is 10.8. The number of amidine groups is 1. The first kappa shape index (κ1) is 24.7. The van der Waals surface area contributed by atoms with Crippen molar-refractivity contribution in [2.24, 2.45) is 0 Å². The highest BCUT2D eigenvalue weighted by molar-refractivity contribution is 6.05. The van der Waals surface area contributed by atoms with E-state index in [1.54, 1.807) is 29.2 Å². The Balaban J connectivity index is 0.00000140. The minimum atomic E-state index is -0.542. The Morgan fingerprint density at radius 2 is 2.00 bits per heavy atom. The van der Waals surface area contributed by atoms with Crippen LogP contribution in [0.15, 0.2) is 43.0 Å². The summed E-state index contributed by atoms with van der Waals surface area (Å²) >= 11 is 0. The fourth-order valence-corrected chi connectivity index (χ4v) is 3.23. The van der Waals surface area contributed by atoms with Crippen molar-refractivity contribution in [3.8, 4) is 5.69 Å². The Kier molecular flexibility index (Phi) is 7.83. The van der Waals surface area contributed by atoms with Crippen molar-refractivity contribution in [2.75, 3.05) is 5.32 Å². The molecule has 0 bridgehead atoms. The first-order valence-electron chi connectivity index (χ1n) is 11.2. The first-order valence-corrected chi connectivity index (χ1v) is 11.2. The molecule has 3 N–H and O–H groups in total. The van der Waals surface area contributed by atoms with Crippen LogP contribution in [0.25, 0.3) is 5.69 Å². The van der Waals surface area contributed by atoms with E-state index in [0.29, 0.717) is 5.92 Å². The van der Waals surface area contributed by atoms with Gasteiger partial charge in [0.1, 0.15) is 17.2 Å². The molecule has 0 spiro atoms. The fourth-order valence-electron chi connectivity index (χ4n) is 3.23. The van der Waals surface area contributed by atoms with E-state index in [4.69, 9.17) is 10.8 Å². The summed E-state index contributed by atoms with van der Waals surface area (Å²) in [5.41, 5.74) is 1.49. The molecule has 0 aromatic carbocycles. The highest BCUT2D eigenvalue weighted by Crippen LogP contribution is 2.39. The number of nitrogens with zero attached hydrogens (tertiary/aromatic N) is 5. The third-order valence-electron chi connectivity index (χ3n) is 5.13. The molecule has 0 aliphatic heterocycles. The maximum Gasteiger partial charge on any atom is 0.275 e. The van der Waals surface area contributed by atoms with Crippen molar-refractivity contribution in [1.82, 2.24) is 24.4 Å². The van der Waals surface area contributed by atoms with Crippen LogP contribution in [0.1, 0.15) is 69.8 Å². The third kappa shape index (κ3) is 5.51. The van der Waals surface area contributed by atoms with Crippen LogP contribution >= 0.6 is 0 Å². The van der Waals surface area contributed by atoms with Crippen LogP contribution in [0.2, 0.25) is 0 Å². The molecule has 3 aromatic heterocycles. The van der Waals surface area contributed by atoms with E-state index in [0.717, 1.165) is 31.1 Å². The Morgan fingerprint density at radius 3 is 2.65 bits per heavy atom. The first-order chi connectivity index (χ1) is 16.4. The van der Waals surface area contributed by atoms with Crippen molar-refractivity contribution in [1.29, 1.82) is 10.8 Å². The number of amides is 1. The molecule has 0 saturated heterocycles. The molecule has 9 nitrogen and oxygen atoms in total. The van der Waals surface area contributed by atoms with Gasteiger partial charge < -0.3 is 14.8 Å². The zero-order valence-electron chi connectivity index (χ0n) is 19.7. The van der Waals surface area contributed by atoms with Gasteiger partial charge in [-0.1, -0.05) is 19.9 Å². The standard InChI is InChI=1S/C22H23FN8O.C2H6.H2/c1-13(2)31(11-24)21(25)16-4-3-5-17(28-16)22(32)29-20-8-19(15(23)9-26-20)30-10-18(27-12-30)14-6-7-14;1-2;/h3-5,8-14,24-25H,6-7H2,1-2H3,(H,26,29,32);1-2H3;1H. The highest BCUT2D eigenvalue weighted by Gasteiger charge is 2.26. The number of nitrogens with one attached hydrogen (secondary N) is 3. The SMILES string of the molecule is CC.CC(C)N(C=N)C(=N)c1cccc(C(=O)Nc2cc(-n3cnc(C4CC4)c3)c(F)cn2)n1.[HH]. The number of carbonyl (C=O) groups is 1. The van der Waals surface area contributed by atoms with Gasteiger partial charge in [-0.05, 0) is 38.8 Å². The minimum Gasteiger partial charge on any atom is -0.314 e. The number of hydrogen-bond donors (Lipinski definition) is 3. The zero-order valence-corrected chi connectivity index (χ0v) is 19.7. The number of aromatic nitrogens is 4. The fraction of sp³-hybridized carbons (Fsp3) is 0.333. The van der Waals surface area contributed by atoms with Crippen LogP contribution in [0.5, 0.6) is 0 Å². The molecule has 0 atom stereocenters. The summed E-state index contributed by atoms with van der Waals surface area (Å²) in [6, 6.07) is 6.06. The number of anilines is 1. The Labute approximate surface area is 199 Å². The molecule has 180 valence electrons. The molecule has 10 heteroatoms. The zero-order chi connectivity index (χ0) is 24.8. The van der Waals surface area contributed by atoms with Crippen molar-refractivity contribution >= 4 is 23.9 Å². The lowest BCUT2D eigenvalue weighted by Crippen LogP contribution is -2.36. The summed E-state index contributed by atoms with van der Waals surface area (Å²) in [7, 11) is 0. The van der Waals surface area contributed by atoms with E-state index in [2.05, 4.69) is 20.3 Å². The smallest absolute Gasteiger partial charge is 0.275 e. The molecular formula is C24H31FN8O. The Bertz CT molecular complexity index is 1190. The van der Waals surface area contributed by atoms with Gasteiger partial charge in [0.15, 0.2) is 11.7 Å². The van der Waals surface area contributed by atoms with Gasteiger partial charge >= 0.3 is 0 Å². The molecule has 0 unspecified atom stereocenters. The normalized spacial score (nSPS) is 12.5. The van der Waals surface area contributed by atoms with Crippen molar-refractivity contribution in [2.45, 2.75) is 52.5 Å². The van der Waals surface area contributed by atoms with E-state index in [1.807, 2.05) is 27.7 Å². The summed E-state index contributed by atoms with van der Waals surface area (Å²) in [6.07, 6.45) is 7.63. The second-order valence-electron chi connectivity index (χ2n) is 7.84. The van der Waals surface area contributed by atoms with Crippen molar-refractivity contribution in [3.05, 3.63) is 65.9 Å². The number of pyridine rings is 2. The number of hydrogen-bond acceptors (Lipinski definition) is 6. The molecule has 1 saturated carbocycles. The van der Waals surface area contributed by atoms with Gasteiger partial charge in [-0.3, -0.25) is 15.6 Å². The molecule has 1 fully saturated rings. The molecule has 1 aliphatic rings. The van der Waals surface area contributed by atoms with Crippen LogP contribution in [-0.4, -0.2) is 48.5 Å². The molecule has 3 aromatic rings. The second-order valence-corrected chi connectivity index (χ2v) is 7.84. The maximum absolute atomic E-state index is 14.4. The van der Waals surface area contributed by atoms with E-state index in [9.17, 15) is 9.18 Å². The van der Waals surface area contributed by atoms with Crippen LogP contribution in [-0.2, 0) is 0 Å². The lowest BCUT2D eigenvalue weighted by molar-refractivity contribution is 0.102. The minimum absolute atomic E-state index is 0. The van der Waals surface area contributed by atoms with Crippen LogP contribution in [0.4, 0.5) is 10.2 Å². The van der Waals surface area contributed by atoms with Gasteiger partial charge in [-0.25, -0.2) is 19.3 Å². The number of carbonyl (C=O) groups excluding carboxylic acids is 1. The van der Waals surface area contributed by atoms with Crippen molar-refractivity contribution in [3.63, 3.8) is 0 Å². The van der Waals surface area contributed by atoms with Gasteiger partial charge in [0.05, 0.1) is 30.2 Å². The predicted molar refractivity (Wildman–Crippen MR) is 132 cm³/mol. The Morgan fingerprint density at radius 1 is 1.29 bits per heavy atom. The van der Waals surface area contributed by atoms with Crippen molar-refractivity contribution < 1.29 is 10.6 Å². The van der Waals surface area contributed by atoms with E-state index in [-0.39, 0.29) is 36.2 Å². The predicted octanol–water partition coefficient (Wildman–Crippen LogP) is 4.85. The largest absolute Gasteiger partial charge is 0.314 e. The average Bonchev–Trinajstić information content (AvgIpc) is 3.58. The van der Waals surface area contributed by atoms with Crippen LogP contribution < -0.4 is 5.32 Å². The summed E-state index contributed by atoms with van der Waals surface area (Å²) in [5.74, 6) is -0.453. The Hall–Kier alpha value is -3.95. The lowest BCUT2D eigenvalue weighted by atomic mass is 10.2. The maximum atomic E-state index is 14.4. The average molecular weight is 467 g/mol. The summed E-state index contributed by atoms with van der Waals surface area (Å²) in [5, 5.41) is 18.4. The van der Waals surface area contributed by atoms with E-state index in [1.165, 1.54) is 17.0 Å². The summed E-state index contributed by atoms with van der Waals surface area (Å²) < 4.78 is 16.0. The van der Waals surface area contributed by atoms with E-state index >= 15 is 0 Å². The molecule has 0 radical (unpaired) electrons. The summed E-state index contributed by atoms with van der Waals surface area (Å²) in [6.45, 7) is 7.70. The van der Waals surface area contributed by atoms with Gasteiger partial charge in [0.25, 0.3) is 5.91 Å². The molecule has 4 rings (SSSR count). The molecule has 1 aliphatic carbocycles.